The fraction of sp³-hybridized carbons (Fsp3) is 0.333. The Hall–Kier alpha value is -2.08. The standard InChI is InChI=1S/C15H19N5S/c1-5-10-13-14(19(4)17-10)20(15(21)16-13)12-9-7-6-8-11(12)18(2)3/h6-9H,5H2,1-4H3,(H,16,21). The highest BCUT2D eigenvalue weighted by atomic mass is 32.1. The average Bonchev–Trinajstić information content (AvgIpc) is 2.95. The van der Waals surface area contributed by atoms with Gasteiger partial charge in [-0.15, -0.1) is 0 Å². The van der Waals surface area contributed by atoms with Crippen LogP contribution in [0.4, 0.5) is 5.69 Å². The third kappa shape index (κ3) is 2.06. The van der Waals surface area contributed by atoms with Crippen molar-refractivity contribution in [3.63, 3.8) is 0 Å². The van der Waals surface area contributed by atoms with Crippen LogP contribution in [0.2, 0.25) is 0 Å². The van der Waals surface area contributed by atoms with E-state index in [9.17, 15) is 0 Å². The summed E-state index contributed by atoms with van der Waals surface area (Å²) >= 11 is 5.55. The molecule has 1 N–H and O–H groups in total. The molecule has 1 aromatic carbocycles. The summed E-state index contributed by atoms with van der Waals surface area (Å²) < 4.78 is 4.65. The van der Waals surface area contributed by atoms with E-state index in [-0.39, 0.29) is 0 Å². The predicted octanol–water partition coefficient (Wildman–Crippen LogP) is 3.05. The highest BCUT2D eigenvalue weighted by Crippen LogP contribution is 2.28. The van der Waals surface area contributed by atoms with E-state index >= 15 is 0 Å². The van der Waals surface area contributed by atoms with Gasteiger partial charge in [0.05, 0.1) is 17.1 Å². The molecular weight excluding hydrogens is 282 g/mol. The van der Waals surface area contributed by atoms with E-state index in [4.69, 9.17) is 12.2 Å². The summed E-state index contributed by atoms with van der Waals surface area (Å²) in [7, 11) is 6.03. The number of nitrogens with one attached hydrogen (secondary N) is 1. The van der Waals surface area contributed by atoms with Crippen LogP contribution in [0.1, 0.15) is 12.6 Å². The van der Waals surface area contributed by atoms with Crippen LogP contribution in [0.3, 0.4) is 0 Å². The number of benzene rings is 1. The molecule has 0 aliphatic rings. The van der Waals surface area contributed by atoms with Crippen LogP contribution in [0.15, 0.2) is 24.3 Å². The molecule has 0 radical (unpaired) electrons. The van der Waals surface area contributed by atoms with E-state index in [1.54, 1.807) is 0 Å². The Bertz CT molecular complexity index is 853. The van der Waals surface area contributed by atoms with E-state index in [0.717, 1.165) is 34.7 Å². The number of para-hydroxylation sites is 2. The van der Waals surface area contributed by atoms with Gasteiger partial charge in [-0.1, -0.05) is 19.1 Å². The van der Waals surface area contributed by atoms with E-state index in [0.29, 0.717) is 4.77 Å². The summed E-state index contributed by atoms with van der Waals surface area (Å²) in [5.41, 5.74) is 5.25. The molecule has 2 aromatic heterocycles. The average molecular weight is 301 g/mol. The van der Waals surface area contributed by atoms with Crippen LogP contribution in [0.5, 0.6) is 0 Å². The van der Waals surface area contributed by atoms with Crippen molar-refractivity contribution in [1.29, 1.82) is 0 Å². The topological polar surface area (TPSA) is 41.8 Å². The minimum atomic E-state index is 0.696. The van der Waals surface area contributed by atoms with E-state index in [1.165, 1.54) is 0 Å². The molecular formula is C15H19N5S. The molecule has 0 fully saturated rings. The molecule has 110 valence electrons. The largest absolute Gasteiger partial charge is 0.376 e. The van der Waals surface area contributed by atoms with Gasteiger partial charge in [0.25, 0.3) is 0 Å². The first-order valence-corrected chi connectivity index (χ1v) is 7.38. The summed E-state index contributed by atoms with van der Waals surface area (Å²) in [6.45, 7) is 2.10. The number of hydrogen-bond donors (Lipinski definition) is 1. The molecule has 0 aliphatic heterocycles. The molecule has 3 aromatic rings. The Labute approximate surface area is 128 Å². The second-order valence-corrected chi connectivity index (χ2v) is 5.66. The van der Waals surface area contributed by atoms with Crippen molar-refractivity contribution in [2.24, 2.45) is 7.05 Å². The molecule has 0 spiro atoms. The summed E-state index contributed by atoms with van der Waals surface area (Å²) in [4.78, 5) is 5.40. The number of nitrogens with zero attached hydrogens (tertiary/aromatic N) is 4. The van der Waals surface area contributed by atoms with Gasteiger partial charge in [0.1, 0.15) is 5.52 Å². The maximum atomic E-state index is 5.55. The van der Waals surface area contributed by atoms with Gasteiger partial charge >= 0.3 is 0 Å². The summed E-state index contributed by atoms with van der Waals surface area (Å²) in [5.74, 6) is 0. The number of aromatic nitrogens is 4. The molecule has 6 heteroatoms. The minimum absolute atomic E-state index is 0.696. The van der Waals surface area contributed by atoms with Crippen molar-refractivity contribution in [2.45, 2.75) is 13.3 Å². The molecule has 0 saturated heterocycles. The number of imidazole rings is 1. The zero-order chi connectivity index (χ0) is 15.1. The van der Waals surface area contributed by atoms with E-state index < -0.39 is 0 Å². The first-order chi connectivity index (χ1) is 10.0. The van der Waals surface area contributed by atoms with Crippen LogP contribution in [0.25, 0.3) is 16.9 Å². The van der Waals surface area contributed by atoms with Crippen LogP contribution < -0.4 is 4.90 Å². The number of H-pyrrole nitrogens is 1. The first-order valence-electron chi connectivity index (χ1n) is 6.98. The lowest BCUT2D eigenvalue weighted by Gasteiger charge is -2.18. The number of fused-ring (bicyclic) bond motifs is 1. The number of rotatable bonds is 3. The summed E-state index contributed by atoms with van der Waals surface area (Å²) in [6.07, 6.45) is 0.877. The highest BCUT2D eigenvalue weighted by Gasteiger charge is 2.17. The van der Waals surface area contributed by atoms with Gasteiger partial charge in [-0.25, -0.2) is 4.68 Å². The fourth-order valence-electron chi connectivity index (χ4n) is 2.72. The van der Waals surface area contributed by atoms with Gasteiger partial charge in [-0.3, -0.25) is 4.57 Å². The molecule has 5 nitrogen and oxygen atoms in total. The molecule has 3 rings (SSSR count). The van der Waals surface area contributed by atoms with Crippen LogP contribution in [0, 0.1) is 4.77 Å². The molecule has 0 amide bonds. The van der Waals surface area contributed by atoms with Crippen molar-refractivity contribution in [1.82, 2.24) is 19.3 Å². The zero-order valence-corrected chi connectivity index (χ0v) is 13.5. The predicted molar refractivity (Wildman–Crippen MR) is 88.9 cm³/mol. The second-order valence-electron chi connectivity index (χ2n) is 5.27. The number of anilines is 1. The lowest BCUT2D eigenvalue weighted by molar-refractivity contribution is 0.748. The smallest absolute Gasteiger partial charge is 0.184 e. The van der Waals surface area contributed by atoms with E-state index in [2.05, 4.69) is 38.6 Å². The number of aromatic amines is 1. The second kappa shape index (κ2) is 5.04. The van der Waals surface area contributed by atoms with Gasteiger partial charge in [-0.2, -0.15) is 5.10 Å². The van der Waals surface area contributed by atoms with E-state index in [1.807, 2.05) is 38.0 Å². The van der Waals surface area contributed by atoms with Gasteiger partial charge in [0.2, 0.25) is 0 Å². The first kappa shape index (κ1) is 13.9. The van der Waals surface area contributed by atoms with Crippen molar-refractivity contribution >= 4 is 29.1 Å². The molecule has 2 heterocycles. The molecule has 0 bridgehead atoms. The van der Waals surface area contributed by atoms with Crippen molar-refractivity contribution < 1.29 is 0 Å². The molecule has 0 aliphatic carbocycles. The summed E-state index contributed by atoms with van der Waals surface area (Å²) in [5, 5.41) is 4.57. The Morgan fingerprint density at radius 1 is 1.29 bits per heavy atom. The van der Waals surface area contributed by atoms with Crippen molar-refractivity contribution in [2.75, 3.05) is 19.0 Å². The monoisotopic (exact) mass is 301 g/mol. The lowest BCUT2D eigenvalue weighted by Crippen LogP contribution is -2.12. The normalized spacial score (nSPS) is 11.2. The zero-order valence-electron chi connectivity index (χ0n) is 12.7. The van der Waals surface area contributed by atoms with Gasteiger partial charge < -0.3 is 9.88 Å². The number of aryl methyl sites for hydroxylation is 2. The van der Waals surface area contributed by atoms with Crippen LogP contribution >= 0.6 is 12.2 Å². The Balaban J connectivity index is 2.39. The summed E-state index contributed by atoms with van der Waals surface area (Å²) in [6, 6.07) is 8.23. The minimum Gasteiger partial charge on any atom is -0.376 e. The molecule has 0 atom stereocenters. The maximum absolute atomic E-state index is 5.55. The Kier molecular flexibility index (Phi) is 3.33. The molecule has 0 saturated carbocycles. The maximum Gasteiger partial charge on any atom is 0.184 e. The van der Waals surface area contributed by atoms with Gasteiger partial charge in [0, 0.05) is 21.1 Å². The molecule has 21 heavy (non-hydrogen) atoms. The van der Waals surface area contributed by atoms with Crippen LogP contribution in [-0.2, 0) is 13.5 Å². The Morgan fingerprint density at radius 2 is 2.00 bits per heavy atom. The number of hydrogen-bond acceptors (Lipinski definition) is 3. The quantitative estimate of drug-likeness (QED) is 0.756. The SMILES string of the molecule is CCc1nn(C)c2c1[nH]c(=S)n2-c1ccccc1N(C)C. The van der Waals surface area contributed by atoms with Gasteiger partial charge in [0.15, 0.2) is 10.4 Å². The third-order valence-corrected chi connectivity index (χ3v) is 3.96. The lowest BCUT2D eigenvalue weighted by atomic mass is 10.2. The van der Waals surface area contributed by atoms with Crippen molar-refractivity contribution in [3.8, 4) is 5.69 Å². The molecule has 0 unspecified atom stereocenters. The Morgan fingerprint density at radius 3 is 2.67 bits per heavy atom. The van der Waals surface area contributed by atoms with Crippen molar-refractivity contribution in [3.05, 3.63) is 34.7 Å². The fourth-order valence-corrected chi connectivity index (χ4v) is 3.00. The highest BCUT2D eigenvalue weighted by molar-refractivity contribution is 7.71. The van der Waals surface area contributed by atoms with Gasteiger partial charge in [-0.05, 0) is 30.8 Å². The third-order valence-electron chi connectivity index (χ3n) is 3.68. The van der Waals surface area contributed by atoms with Crippen LogP contribution in [-0.4, -0.2) is 33.4 Å².